The predicted molar refractivity (Wildman–Crippen MR) is 99.3 cm³/mol. The maximum absolute atomic E-state index is 13.1. The second-order valence-electron chi connectivity index (χ2n) is 6.41. The van der Waals surface area contributed by atoms with E-state index in [2.05, 4.69) is 9.72 Å². The number of aromatic nitrogens is 2. The summed E-state index contributed by atoms with van der Waals surface area (Å²) in [5.74, 6) is -0.380. The third-order valence-corrected chi connectivity index (χ3v) is 4.28. The number of morpholine rings is 1. The third-order valence-electron chi connectivity index (χ3n) is 4.28. The van der Waals surface area contributed by atoms with Crippen LogP contribution in [-0.4, -0.2) is 47.8 Å². The first-order valence-electron chi connectivity index (χ1n) is 8.56. The molecule has 1 aliphatic rings. The van der Waals surface area contributed by atoms with E-state index in [1.165, 1.54) is 17.6 Å². The van der Waals surface area contributed by atoms with E-state index in [4.69, 9.17) is 4.74 Å². The molecule has 1 fully saturated rings. The molecule has 0 aromatic carbocycles. The Morgan fingerprint density at radius 2 is 2.07 bits per heavy atom. The van der Waals surface area contributed by atoms with Gasteiger partial charge in [-0.2, -0.15) is 5.26 Å². The minimum Gasteiger partial charge on any atom is -0.465 e. The summed E-state index contributed by atoms with van der Waals surface area (Å²) in [5, 5.41) is 9.30. The van der Waals surface area contributed by atoms with Crippen LogP contribution < -0.4 is 10.5 Å². The van der Waals surface area contributed by atoms with Gasteiger partial charge in [0, 0.05) is 19.3 Å². The van der Waals surface area contributed by atoms with Crippen LogP contribution in [0.3, 0.4) is 0 Å². The Morgan fingerprint density at radius 3 is 2.70 bits per heavy atom. The van der Waals surface area contributed by atoms with Crippen molar-refractivity contribution in [3.8, 4) is 6.07 Å². The van der Waals surface area contributed by atoms with E-state index >= 15 is 0 Å². The number of anilines is 1. The first-order chi connectivity index (χ1) is 12.9. The minimum atomic E-state index is -0.801. The Morgan fingerprint density at radius 1 is 1.37 bits per heavy atom. The standard InChI is InChI=1S/C19H20N4O4/c1-12-10-22(11-13(2)27-12)17-15(8-14(9-20)19(25)26-3)18(24)23-7-5-4-6-16(23)21-17/h4-8,12-13H,10-11H2,1-3H3/b14-8+. The largest absolute Gasteiger partial charge is 0.465 e. The minimum absolute atomic E-state index is 0.0438. The van der Waals surface area contributed by atoms with Crippen LogP contribution in [0.1, 0.15) is 19.4 Å². The number of nitriles is 1. The number of fused-ring (bicyclic) bond motifs is 1. The van der Waals surface area contributed by atoms with Crippen molar-refractivity contribution in [3.63, 3.8) is 0 Å². The topological polar surface area (TPSA) is 96.9 Å². The second kappa shape index (κ2) is 7.60. The summed E-state index contributed by atoms with van der Waals surface area (Å²) in [4.78, 5) is 31.5. The highest BCUT2D eigenvalue weighted by Gasteiger charge is 2.27. The van der Waals surface area contributed by atoms with Gasteiger partial charge in [-0.25, -0.2) is 9.78 Å². The van der Waals surface area contributed by atoms with Crippen LogP contribution in [0, 0.1) is 11.3 Å². The molecule has 140 valence electrons. The lowest BCUT2D eigenvalue weighted by Gasteiger charge is -2.36. The fourth-order valence-electron chi connectivity index (χ4n) is 3.20. The van der Waals surface area contributed by atoms with Crippen molar-refractivity contribution in [2.24, 2.45) is 0 Å². The van der Waals surface area contributed by atoms with Crippen LogP contribution in [0.15, 0.2) is 34.8 Å². The lowest BCUT2D eigenvalue weighted by atomic mass is 10.1. The molecular formula is C19H20N4O4. The van der Waals surface area contributed by atoms with Crippen molar-refractivity contribution in [1.82, 2.24) is 9.38 Å². The van der Waals surface area contributed by atoms with Gasteiger partial charge in [0.1, 0.15) is 23.1 Å². The number of rotatable bonds is 3. The molecule has 2 unspecified atom stereocenters. The molecule has 2 aromatic rings. The zero-order chi connectivity index (χ0) is 19.6. The maximum atomic E-state index is 13.1. The number of carbonyl (C=O) groups excluding carboxylic acids is 1. The molecule has 0 bridgehead atoms. The van der Waals surface area contributed by atoms with E-state index in [0.717, 1.165) is 0 Å². The summed E-state index contributed by atoms with van der Waals surface area (Å²) in [6, 6.07) is 7.03. The number of nitrogens with zero attached hydrogens (tertiary/aromatic N) is 4. The summed E-state index contributed by atoms with van der Waals surface area (Å²) in [7, 11) is 1.19. The van der Waals surface area contributed by atoms with Gasteiger partial charge in [-0.05, 0) is 32.1 Å². The summed E-state index contributed by atoms with van der Waals surface area (Å²) in [5.41, 5.74) is 0.0295. The van der Waals surface area contributed by atoms with Gasteiger partial charge in [0.2, 0.25) is 0 Å². The van der Waals surface area contributed by atoms with Gasteiger partial charge in [-0.15, -0.1) is 0 Å². The van der Waals surface area contributed by atoms with Gasteiger partial charge in [0.25, 0.3) is 5.56 Å². The van der Waals surface area contributed by atoms with E-state index in [0.29, 0.717) is 24.6 Å². The molecule has 0 amide bonds. The van der Waals surface area contributed by atoms with Gasteiger partial charge in [-0.1, -0.05) is 6.07 Å². The Kier molecular flexibility index (Phi) is 5.23. The summed E-state index contributed by atoms with van der Waals surface area (Å²) < 4.78 is 11.8. The smallest absolute Gasteiger partial charge is 0.348 e. The zero-order valence-electron chi connectivity index (χ0n) is 15.4. The summed E-state index contributed by atoms with van der Waals surface area (Å²) in [6.07, 6.45) is 2.76. The number of carbonyl (C=O) groups is 1. The zero-order valence-corrected chi connectivity index (χ0v) is 15.4. The van der Waals surface area contributed by atoms with Crippen molar-refractivity contribution in [2.75, 3.05) is 25.1 Å². The van der Waals surface area contributed by atoms with Gasteiger partial charge in [-0.3, -0.25) is 9.20 Å². The van der Waals surface area contributed by atoms with E-state index in [-0.39, 0.29) is 28.9 Å². The predicted octanol–water partition coefficient (Wildman–Crippen LogP) is 1.39. The SMILES string of the molecule is COC(=O)/C(C#N)=C/c1c(N2CC(C)OC(C)C2)nc2ccccn2c1=O. The molecule has 1 saturated heterocycles. The number of hydrogen-bond donors (Lipinski definition) is 0. The van der Waals surface area contributed by atoms with E-state index in [1.807, 2.05) is 18.7 Å². The number of methoxy groups -OCH3 is 1. The Balaban J connectivity index is 2.25. The molecule has 0 aliphatic carbocycles. The van der Waals surface area contributed by atoms with Gasteiger partial charge in [0.15, 0.2) is 0 Å². The average molecular weight is 368 g/mol. The Bertz CT molecular complexity index is 995. The quantitative estimate of drug-likeness (QED) is 0.459. The molecule has 2 aromatic heterocycles. The number of pyridine rings is 1. The molecule has 1 aliphatic heterocycles. The Hall–Kier alpha value is -3.18. The van der Waals surface area contributed by atoms with Crippen LogP contribution in [0.5, 0.6) is 0 Å². The third kappa shape index (κ3) is 3.68. The number of ether oxygens (including phenoxy) is 2. The second-order valence-corrected chi connectivity index (χ2v) is 6.41. The summed E-state index contributed by atoms with van der Waals surface area (Å²) in [6.45, 7) is 4.98. The van der Waals surface area contributed by atoms with Crippen molar-refractivity contribution in [2.45, 2.75) is 26.1 Å². The fourth-order valence-corrected chi connectivity index (χ4v) is 3.20. The fraction of sp³-hybridized carbons (Fsp3) is 0.368. The van der Waals surface area contributed by atoms with E-state index in [1.54, 1.807) is 30.5 Å². The normalized spacial score (nSPS) is 20.4. The monoisotopic (exact) mass is 368 g/mol. The van der Waals surface area contributed by atoms with Crippen LogP contribution in [-0.2, 0) is 14.3 Å². The van der Waals surface area contributed by atoms with E-state index in [9.17, 15) is 14.9 Å². The van der Waals surface area contributed by atoms with Gasteiger partial charge < -0.3 is 14.4 Å². The highest BCUT2D eigenvalue weighted by Crippen LogP contribution is 2.23. The molecule has 27 heavy (non-hydrogen) atoms. The Labute approximate surface area is 156 Å². The lowest BCUT2D eigenvalue weighted by molar-refractivity contribution is -0.135. The molecule has 0 saturated carbocycles. The molecule has 8 heteroatoms. The van der Waals surface area contributed by atoms with Crippen LogP contribution in [0.25, 0.3) is 11.7 Å². The number of esters is 1. The first kappa shape index (κ1) is 18.6. The maximum Gasteiger partial charge on any atom is 0.348 e. The van der Waals surface area contributed by atoms with Crippen LogP contribution >= 0.6 is 0 Å². The highest BCUT2D eigenvalue weighted by atomic mass is 16.5. The molecule has 0 spiro atoms. The van der Waals surface area contributed by atoms with Gasteiger partial charge in [0.05, 0.1) is 24.9 Å². The molecule has 2 atom stereocenters. The van der Waals surface area contributed by atoms with Crippen LogP contribution in [0.4, 0.5) is 5.82 Å². The van der Waals surface area contributed by atoms with Crippen molar-refractivity contribution in [3.05, 3.63) is 45.9 Å². The van der Waals surface area contributed by atoms with Crippen molar-refractivity contribution < 1.29 is 14.3 Å². The molecular weight excluding hydrogens is 348 g/mol. The molecule has 8 nitrogen and oxygen atoms in total. The van der Waals surface area contributed by atoms with E-state index < -0.39 is 5.97 Å². The average Bonchev–Trinajstić information content (AvgIpc) is 2.66. The van der Waals surface area contributed by atoms with Crippen molar-refractivity contribution in [1.29, 1.82) is 5.26 Å². The number of hydrogen-bond acceptors (Lipinski definition) is 7. The first-order valence-corrected chi connectivity index (χ1v) is 8.56. The van der Waals surface area contributed by atoms with Gasteiger partial charge >= 0.3 is 5.97 Å². The molecule has 3 heterocycles. The lowest BCUT2D eigenvalue weighted by Crippen LogP contribution is -2.46. The molecule has 0 radical (unpaired) electrons. The van der Waals surface area contributed by atoms with Crippen LogP contribution in [0.2, 0.25) is 0 Å². The van der Waals surface area contributed by atoms with Crippen molar-refractivity contribution >= 4 is 23.5 Å². The molecule has 3 rings (SSSR count). The summed E-state index contributed by atoms with van der Waals surface area (Å²) >= 11 is 0. The molecule has 0 N–H and O–H groups in total. The highest BCUT2D eigenvalue weighted by molar-refractivity contribution is 5.98.